The van der Waals surface area contributed by atoms with Crippen LogP contribution >= 0.6 is 34.8 Å². The molecule has 2 N–H and O–H groups in total. The zero-order valence-electron chi connectivity index (χ0n) is 19.2. The van der Waals surface area contributed by atoms with Gasteiger partial charge in [-0.2, -0.15) is 0 Å². The first-order chi connectivity index (χ1) is 16.4. The van der Waals surface area contributed by atoms with Crippen LogP contribution in [0.25, 0.3) is 12.2 Å². The molecule has 0 aromatic heterocycles. The maximum Gasteiger partial charge on any atom is 0.480 e. The van der Waals surface area contributed by atoms with Gasteiger partial charge in [-0.05, 0) is 79.8 Å². The smallest absolute Gasteiger partial charge is 0.424 e. The van der Waals surface area contributed by atoms with Gasteiger partial charge in [0.2, 0.25) is 0 Å². The predicted molar refractivity (Wildman–Crippen MR) is 150 cm³/mol. The zero-order chi connectivity index (χ0) is 24.6. The Morgan fingerprint density at radius 2 is 1.26 bits per heavy atom. The van der Waals surface area contributed by atoms with Crippen molar-refractivity contribution in [3.8, 4) is 0 Å². The summed E-state index contributed by atoms with van der Waals surface area (Å²) in [6.45, 7) is 0. The van der Waals surface area contributed by atoms with Gasteiger partial charge < -0.3 is 10.0 Å². The lowest BCUT2D eigenvalue weighted by Crippen LogP contribution is -2.05. The Kier molecular flexibility index (Phi) is 14.1. The molecule has 0 aliphatic heterocycles. The Balaban J connectivity index is 0.000000192. The van der Waals surface area contributed by atoms with Crippen molar-refractivity contribution in [2.45, 2.75) is 43.9 Å². The summed E-state index contributed by atoms with van der Waals surface area (Å²) in [7, 11) is -1.40. The SMILES string of the molecule is ClC1C=CCCC1.Clc1ccc(/C=C/[C@H]2C=CCCC2)cc1.OB(O)/C=C/c1ccc(Cl)cc1. The van der Waals surface area contributed by atoms with Crippen molar-refractivity contribution < 1.29 is 10.0 Å². The van der Waals surface area contributed by atoms with Gasteiger partial charge in [-0.3, -0.25) is 0 Å². The molecule has 0 spiro atoms. The Hall–Kier alpha value is -1.75. The van der Waals surface area contributed by atoms with Gasteiger partial charge >= 0.3 is 7.12 Å². The van der Waals surface area contributed by atoms with E-state index >= 15 is 0 Å². The van der Waals surface area contributed by atoms with Crippen molar-refractivity contribution in [1.29, 1.82) is 0 Å². The molecule has 0 bridgehead atoms. The van der Waals surface area contributed by atoms with Crippen LogP contribution in [0.2, 0.25) is 10.0 Å². The van der Waals surface area contributed by atoms with E-state index in [9.17, 15) is 0 Å². The maximum atomic E-state index is 8.51. The third-order valence-electron chi connectivity index (χ3n) is 5.22. The van der Waals surface area contributed by atoms with Crippen LogP contribution in [0, 0.1) is 5.92 Å². The molecule has 2 atom stereocenters. The van der Waals surface area contributed by atoms with E-state index in [4.69, 9.17) is 44.9 Å². The number of halogens is 3. The monoisotopic (exact) mass is 516 g/mol. The van der Waals surface area contributed by atoms with Crippen LogP contribution in [0.15, 0.2) is 84.9 Å². The van der Waals surface area contributed by atoms with Crippen LogP contribution in [0.3, 0.4) is 0 Å². The van der Waals surface area contributed by atoms with Gasteiger partial charge in [-0.1, -0.05) is 96.0 Å². The summed E-state index contributed by atoms with van der Waals surface area (Å²) in [6.07, 6.45) is 22.4. The second-order valence-corrected chi connectivity index (χ2v) is 9.57. The van der Waals surface area contributed by atoms with Gasteiger partial charge in [-0.25, -0.2) is 0 Å². The van der Waals surface area contributed by atoms with Gasteiger partial charge in [0.05, 0.1) is 5.38 Å². The van der Waals surface area contributed by atoms with Crippen molar-refractivity contribution >= 4 is 54.1 Å². The average molecular weight is 518 g/mol. The number of alkyl halides is 1. The van der Waals surface area contributed by atoms with Crippen molar-refractivity contribution in [3.05, 3.63) is 106 Å². The first-order valence-corrected chi connectivity index (χ1v) is 12.8. The third-order valence-corrected chi connectivity index (χ3v) is 6.09. The lowest BCUT2D eigenvalue weighted by Gasteiger charge is -2.11. The summed E-state index contributed by atoms with van der Waals surface area (Å²) >= 11 is 17.2. The van der Waals surface area contributed by atoms with Gasteiger partial charge in [0, 0.05) is 10.0 Å². The van der Waals surface area contributed by atoms with Crippen LogP contribution in [0.5, 0.6) is 0 Å². The number of benzene rings is 2. The Bertz CT molecular complexity index is 935. The fourth-order valence-corrected chi connectivity index (χ4v) is 3.86. The second-order valence-electron chi connectivity index (χ2n) is 8.13. The summed E-state index contributed by atoms with van der Waals surface area (Å²) in [5.74, 6) is 1.90. The molecular formula is C28H32BCl3O2. The number of allylic oxidation sites excluding steroid dienone is 5. The molecule has 0 fully saturated rings. The predicted octanol–water partition coefficient (Wildman–Crippen LogP) is 8.41. The minimum Gasteiger partial charge on any atom is -0.424 e. The van der Waals surface area contributed by atoms with Gasteiger partial charge in [0.15, 0.2) is 0 Å². The number of hydrogen-bond acceptors (Lipinski definition) is 2. The maximum absolute atomic E-state index is 8.51. The normalized spacial score (nSPS) is 19.3. The zero-order valence-corrected chi connectivity index (χ0v) is 21.5. The summed E-state index contributed by atoms with van der Waals surface area (Å²) in [4.78, 5) is 0. The molecule has 2 aromatic carbocycles. The van der Waals surface area contributed by atoms with Crippen molar-refractivity contribution in [3.63, 3.8) is 0 Å². The highest BCUT2D eigenvalue weighted by atomic mass is 35.5. The van der Waals surface area contributed by atoms with Crippen LogP contribution in [0.1, 0.15) is 49.7 Å². The highest BCUT2D eigenvalue weighted by Crippen LogP contribution is 2.20. The molecule has 34 heavy (non-hydrogen) atoms. The highest BCUT2D eigenvalue weighted by Gasteiger charge is 2.03. The lowest BCUT2D eigenvalue weighted by molar-refractivity contribution is 0.424. The van der Waals surface area contributed by atoms with Crippen molar-refractivity contribution in [2.75, 3.05) is 0 Å². The van der Waals surface area contributed by atoms with Gasteiger partial charge in [0.25, 0.3) is 0 Å². The molecule has 0 heterocycles. The molecule has 2 aromatic rings. The molecule has 4 rings (SSSR count). The summed E-state index contributed by atoms with van der Waals surface area (Å²) in [6, 6.07) is 15.0. The van der Waals surface area contributed by atoms with Crippen LogP contribution in [-0.2, 0) is 0 Å². The Morgan fingerprint density at radius 1 is 0.735 bits per heavy atom. The summed E-state index contributed by atoms with van der Waals surface area (Å²) in [5, 5.41) is 18.8. The molecule has 6 heteroatoms. The highest BCUT2D eigenvalue weighted by molar-refractivity contribution is 6.48. The third kappa shape index (κ3) is 13.2. The van der Waals surface area contributed by atoms with E-state index in [1.54, 1.807) is 30.3 Å². The minimum atomic E-state index is -1.40. The topological polar surface area (TPSA) is 40.5 Å². The molecule has 2 aliphatic rings. The van der Waals surface area contributed by atoms with Crippen molar-refractivity contribution in [1.82, 2.24) is 0 Å². The first-order valence-electron chi connectivity index (χ1n) is 11.6. The van der Waals surface area contributed by atoms with E-state index in [0.29, 0.717) is 16.3 Å². The standard InChI is InChI=1S/C14H15Cl.C8H8BClO2.C6H9Cl/c15-14-10-8-13(9-11-14)7-6-12-4-2-1-3-5-12;10-8-3-1-7(2-4-8)5-6-9(11)12;7-6-4-2-1-3-5-6/h2,4,6-12H,1,3,5H2;1-6,11-12H;2,4,6H,1,3,5H2/b7-6+;6-5+;/t12-;;/m0../s1. The minimum absolute atomic E-state index is 0.328. The molecule has 1 unspecified atom stereocenters. The van der Waals surface area contributed by atoms with E-state index in [0.717, 1.165) is 17.0 Å². The summed E-state index contributed by atoms with van der Waals surface area (Å²) in [5.41, 5.74) is 2.10. The molecule has 2 nitrogen and oxygen atoms in total. The largest absolute Gasteiger partial charge is 0.480 e. The second kappa shape index (κ2) is 16.8. The molecule has 0 amide bonds. The van der Waals surface area contributed by atoms with E-state index < -0.39 is 7.12 Å². The molecule has 0 saturated carbocycles. The fraction of sp³-hybridized carbons (Fsp3) is 0.286. The van der Waals surface area contributed by atoms with Gasteiger partial charge in [0.1, 0.15) is 0 Å². The first kappa shape index (κ1) is 28.5. The molecule has 2 aliphatic carbocycles. The van der Waals surface area contributed by atoms with Crippen molar-refractivity contribution in [2.24, 2.45) is 5.92 Å². The molecule has 0 radical (unpaired) electrons. The van der Waals surface area contributed by atoms with E-state index in [-0.39, 0.29) is 0 Å². The van der Waals surface area contributed by atoms with E-state index in [1.165, 1.54) is 43.6 Å². The van der Waals surface area contributed by atoms with Crippen LogP contribution in [0.4, 0.5) is 0 Å². The lowest BCUT2D eigenvalue weighted by atomic mass is 9.91. The Morgan fingerprint density at radius 3 is 1.68 bits per heavy atom. The van der Waals surface area contributed by atoms with E-state index in [1.807, 2.05) is 24.3 Å². The molecule has 0 saturated heterocycles. The fourth-order valence-electron chi connectivity index (χ4n) is 3.35. The average Bonchev–Trinajstić information content (AvgIpc) is 2.85. The van der Waals surface area contributed by atoms with Crippen LogP contribution < -0.4 is 0 Å². The number of hydrogen-bond donors (Lipinski definition) is 2. The molecular weight excluding hydrogens is 485 g/mol. The molecule has 180 valence electrons. The summed E-state index contributed by atoms with van der Waals surface area (Å²) < 4.78 is 0. The number of rotatable bonds is 4. The quantitative estimate of drug-likeness (QED) is 0.243. The van der Waals surface area contributed by atoms with E-state index in [2.05, 4.69) is 36.5 Å². The van der Waals surface area contributed by atoms with Gasteiger partial charge in [-0.15, -0.1) is 11.6 Å². The Labute approximate surface area is 219 Å². The van der Waals surface area contributed by atoms with Crippen LogP contribution in [-0.4, -0.2) is 22.5 Å².